The molecule has 6 nitrogen and oxygen atoms in total. The van der Waals surface area contributed by atoms with E-state index in [1.54, 1.807) is 0 Å². The Morgan fingerprint density at radius 3 is 2.48 bits per heavy atom. The first kappa shape index (κ1) is 19.1. The highest BCUT2D eigenvalue weighted by atomic mass is 16.5. The summed E-state index contributed by atoms with van der Waals surface area (Å²) in [5, 5.41) is 4.26. The van der Waals surface area contributed by atoms with Crippen LogP contribution in [0.3, 0.4) is 0 Å². The van der Waals surface area contributed by atoms with E-state index < -0.39 is 0 Å². The molecule has 2 aromatic rings. The van der Waals surface area contributed by atoms with Gasteiger partial charge in [-0.3, -0.25) is 4.79 Å². The third-order valence-corrected chi connectivity index (χ3v) is 3.69. The molecule has 0 atom stereocenters. The summed E-state index contributed by atoms with van der Waals surface area (Å²) in [6.45, 7) is 9.49. The van der Waals surface area contributed by atoms with Crippen LogP contribution in [0, 0.1) is 5.92 Å². The number of ether oxygens (including phenoxy) is 2. The quantitative estimate of drug-likeness (QED) is 0.650. The molecule has 0 aliphatic heterocycles. The van der Waals surface area contributed by atoms with Gasteiger partial charge in [-0.25, -0.2) is 0 Å². The molecule has 0 fully saturated rings. The molecule has 0 N–H and O–H groups in total. The van der Waals surface area contributed by atoms with Crippen molar-refractivity contribution in [3.8, 4) is 17.4 Å². The third-order valence-electron chi connectivity index (χ3n) is 3.69. The van der Waals surface area contributed by atoms with Gasteiger partial charge in [-0.1, -0.05) is 45.0 Å². The lowest BCUT2D eigenvalue weighted by molar-refractivity contribution is 0.0866. The smallest absolute Gasteiger partial charge is 0.336 e. The van der Waals surface area contributed by atoms with Crippen molar-refractivity contribution in [2.45, 2.75) is 40.5 Å². The Morgan fingerprint density at radius 1 is 1.16 bits per heavy atom. The first-order chi connectivity index (χ1) is 12.0. The van der Waals surface area contributed by atoms with Crippen molar-refractivity contribution < 1.29 is 14.3 Å². The summed E-state index contributed by atoms with van der Waals surface area (Å²) >= 11 is 0. The minimum Gasteiger partial charge on any atom is -0.460 e. The topological polar surface area (TPSA) is 66.2 Å². The fraction of sp³-hybridized carbons (Fsp3) is 0.526. The van der Waals surface area contributed by atoms with Crippen LogP contribution >= 0.6 is 0 Å². The molecule has 0 aliphatic rings. The van der Waals surface area contributed by atoms with E-state index in [4.69, 9.17) is 9.47 Å². The van der Waals surface area contributed by atoms with Gasteiger partial charge in [0.05, 0.1) is 6.61 Å². The number of hydrogen-bond donors (Lipinski definition) is 0. The van der Waals surface area contributed by atoms with Gasteiger partial charge in [0.15, 0.2) is 5.82 Å². The van der Waals surface area contributed by atoms with Gasteiger partial charge < -0.3 is 9.47 Å². The predicted octanol–water partition coefficient (Wildman–Crippen LogP) is 3.61. The standard InChI is InChI=1S/C19H27N3O3/c1-5-15-7-9-16(10-8-15)18-20-19(25-12-11-24-6-2)21-22(18)17(23)13-14(3)4/h7-10,14H,5-6,11-13H2,1-4H3. The summed E-state index contributed by atoms with van der Waals surface area (Å²) in [6, 6.07) is 8.21. The average molecular weight is 345 g/mol. The zero-order chi connectivity index (χ0) is 18.2. The van der Waals surface area contributed by atoms with Gasteiger partial charge >= 0.3 is 6.01 Å². The maximum atomic E-state index is 12.5. The van der Waals surface area contributed by atoms with Gasteiger partial charge in [0.25, 0.3) is 0 Å². The van der Waals surface area contributed by atoms with Crippen LogP contribution in [0.4, 0.5) is 0 Å². The van der Waals surface area contributed by atoms with Crippen LogP contribution < -0.4 is 4.74 Å². The van der Waals surface area contributed by atoms with Crippen LogP contribution in [0.1, 0.15) is 44.5 Å². The van der Waals surface area contributed by atoms with E-state index in [1.807, 2.05) is 45.0 Å². The van der Waals surface area contributed by atoms with Crippen LogP contribution in [-0.2, 0) is 11.2 Å². The Hall–Kier alpha value is -2.21. The highest BCUT2D eigenvalue weighted by molar-refractivity contribution is 5.82. The van der Waals surface area contributed by atoms with E-state index in [9.17, 15) is 4.79 Å². The molecule has 0 spiro atoms. The molecular formula is C19H27N3O3. The molecular weight excluding hydrogens is 318 g/mol. The molecule has 25 heavy (non-hydrogen) atoms. The SMILES string of the molecule is CCOCCOc1nc(-c2ccc(CC)cc2)n(C(=O)CC(C)C)n1. The minimum absolute atomic E-state index is 0.0864. The monoisotopic (exact) mass is 345 g/mol. The van der Waals surface area contributed by atoms with Crippen LogP contribution in [0.25, 0.3) is 11.4 Å². The molecule has 0 radical (unpaired) electrons. The summed E-state index contributed by atoms with van der Waals surface area (Å²) in [6.07, 6.45) is 1.37. The summed E-state index contributed by atoms with van der Waals surface area (Å²) < 4.78 is 12.1. The van der Waals surface area contributed by atoms with Crippen LogP contribution in [-0.4, -0.2) is 40.5 Å². The maximum Gasteiger partial charge on any atom is 0.336 e. The highest BCUT2D eigenvalue weighted by Crippen LogP contribution is 2.22. The zero-order valence-electron chi connectivity index (χ0n) is 15.5. The Balaban J connectivity index is 2.27. The maximum absolute atomic E-state index is 12.5. The van der Waals surface area contributed by atoms with Crippen molar-refractivity contribution in [2.24, 2.45) is 5.92 Å². The van der Waals surface area contributed by atoms with E-state index in [2.05, 4.69) is 17.0 Å². The van der Waals surface area contributed by atoms with E-state index in [0.717, 1.165) is 12.0 Å². The molecule has 6 heteroatoms. The first-order valence-corrected chi connectivity index (χ1v) is 8.85. The number of aryl methyl sites for hydroxylation is 1. The molecule has 0 saturated heterocycles. The Kier molecular flexibility index (Phi) is 7.13. The Labute approximate surface area is 149 Å². The lowest BCUT2D eigenvalue weighted by atomic mass is 10.1. The molecule has 1 heterocycles. The van der Waals surface area contributed by atoms with E-state index >= 15 is 0 Å². The number of hydrogen-bond acceptors (Lipinski definition) is 5. The van der Waals surface area contributed by atoms with Gasteiger partial charge in [-0.2, -0.15) is 9.67 Å². The number of benzene rings is 1. The van der Waals surface area contributed by atoms with E-state index in [0.29, 0.717) is 32.1 Å². The fourth-order valence-electron chi connectivity index (χ4n) is 2.38. The molecule has 0 amide bonds. The van der Waals surface area contributed by atoms with Crippen molar-refractivity contribution in [1.29, 1.82) is 0 Å². The lowest BCUT2D eigenvalue weighted by Crippen LogP contribution is -2.16. The van der Waals surface area contributed by atoms with Crippen LogP contribution in [0.15, 0.2) is 24.3 Å². The van der Waals surface area contributed by atoms with Gasteiger partial charge in [0.2, 0.25) is 5.91 Å². The average Bonchev–Trinajstić information content (AvgIpc) is 3.02. The molecule has 0 aliphatic carbocycles. The molecule has 2 rings (SSSR count). The van der Waals surface area contributed by atoms with E-state index in [1.165, 1.54) is 10.2 Å². The molecule has 0 unspecified atom stereocenters. The number of rotatable bonds is 9. The van der Waals surface area contributed by atoms with Crippen molar-refractivity contribution >= 4 is 5.91 Å². The van der Waals surface area contributed by atoms with Crippen molar-refractivity contribution in [1.82, 2.24) is 14.8 Å². The molecule has 136 valence electrons. The summed E-state index contributed by atoms with van der Waals surface area (Å²) in [5.41, 5.74) is 2.08. The number of carbonyl (C=O) groups excluding carboxylic acids is 1. The van der Waals surface area contributed by atoms with Gasteiger partial charge in [-0.15, -0.1) is 5.10 Å². The summed E-state index contributed by atoms with van der Waals surface area (Å²) in [4.78, 5) is 17.0. The van der Waals surface area contributed by atoms with Crippen molar-refractivity contribution in [3.63, 3.8) is 0 Å². The second-order valence-electron chi connectivity index (χ2n) is 6.22. The normalized spacial score (nSPS) is 11.1. The van der Waals surface area contributed by atoms with Gasteiger partial charge in [0, 0.05) is 18.6 Å². The second-order valence-corrected chi connectivity index (χ2v) is 6.22. The first-order valence-electron chi connectivity index (χ1n) is 8.85. The number of nitrogens with zero attached hydrogens (tertiary/aromatic N) is 3. The lowest BCUT2D eigenvalue weighted by Gasteiger charge is -2.07. The van der Waals surface area contributed by atoms with Crippen molar-refractivity contribution in [3.05, 3.63) is 29.8 Å². The molecule has 1 aromatic carbocycles. The van der Waals surface area contributed by atoms with Crippen molar-refractivity contribution in [2.75, 3.05) is 19.8 Å². The molecule has 0 saturated carbocycles. The van der Waals surface area contributed by atoms with Crippen LogP contribution in [0.2, 0.25) is 0 Å². The van der Waals surface area contributed by atoms with Gasteiger partial charge in [0.1, 0.15) is 6.61 Å². The van der Waals surface area contributed by atoms with E-state index in [-0.39, 0.29) is 17.8 Å². The Morgan fingerprint density at radius 2 is 1.88 bits per heavy atom. The minimum atomic E-state index is -0.0864. The zero-order valence-corrected chi connectivity index (χ0v) is 15.5. The largest absolute Gasteiger partial charge is 0.460 e. The summed E-state index contributed by atoms with van der Waals surface area (Å²) in [7, 11) is 0. The highest BCUT2D eigenvalue weighted by Gasteiger charge is 2.19. The second kappa shape index (κ2) is 9.32. The van der Waals surface area contributed by atoms with Gasteiger partial charge in [-0.05, 0) is 24.8 Å². The molecule has 1 aromatic heterocycles. The number of aromatic nitrogens is 3. The Bertz CT molecular complexity index is 678. The van der Waals surface area contributed by atoms with Crippen LogP contribution in [0.5, 0.6) is 6.01 Å². The fourth-order valence-corrected chi connectivity index (χ4v) is 2.38. The predicted molar refractivity (Wildman–Crippen MR) is 96.9 cm³/mol. The molecule has 0 bridgehead atoms. The third kappa shape index (κ3) is 5.39. The number of carbonyl (C=O) groups is 1. The summed E-state index contributed by atoms with van der Waals surface area (Å²) in [5.74, 6) is 0.672.